The number of hydrogen-bond acceptors (Lipinski definition) is 5. The fraction of sp³-hybridized carbons (Fsp3) is 0.417. The molecule has 1 aromatic carbocycles. The van der Waals surface area contributed by atoms with E-state index in [4.69, 9.17) is 0 Å². The molecule has 130 valence electrons. The van der Waals surface area contributed by atoms with Crippen molar-refractivity contribution in [3.63, 3.8) is 0 Å². The van der Waals surface area contributed by atoms with Crippen LogP contribution in [0.25, 0.3) is 0 Å². The Morgan fingerprint density at radius 2 is 1.30 bits per heavy atom. The summed E-state index contributed by atoms with van der Waals surface area (Å²) in [5, 5.41) is 0. The molecule has 0 bridgehead atoms. The van der Waals surface area contributed by atoms with E-state index < -0.39 is 57.3 Å². The van der Waals surface area contributed by atoms with Gasteiger partial charge in [-0.15, -0.1) is 0 Å². The van der Waals surface area contributed by atoms with Crippen LogP contribution in [0.5, 0.6) is 0 Å². The number of carbonyl (C=O) groups excluding carboxylic acids is 1. The van der Waals surface area contributed by atoms with E-state index in [9.17, 15) is 35.2 Å². The second-order valence-electron chi connectivity index (χ2n) is 4.31. The van der Waals surface area contributed by atoms with Gasteiger partial charge in [-0.1, -0.05) is 0 Å². The maximum atomic E-state index is 13.3. The molecule has 0 fully saturated rings. The Labute approximate surface area is 128 Å². The molecule has 0 radical (unpaired) electrons. The van der Waals surface area contributed by atoms with Gasteiger partial charge in [0.15, 0.2) is 23.3 Å². The predicted molar refractivity (Wildman–Crippen MR) is 66.5 cm³/mol. The van der Waals surface area contributed by atoms with Crippen molar-refractivity contribution in [3.8, 4) is 0 Å². The monoisotopic (exact) mass is 362 g/mol. The van der Waals surface area contributed by atoms with Gasteiger partial charge >= 0.3 is 5.97 Å². The molecule has 0 aromatic heterocycles. The van der Waals surface area contributed by atoms with E-state index in [0.29, 0.717) is 0 Å². The summed E-state index contributed by atoms with van der Waals surface area (Å²) >= 11 is 0. The largest absolute Gasteiger partial charge is 0.462 e. The number of hydrogen-bond donors (Lipinski definition) is 0. The van der Waals surface area contributed by atoms with Crippen molar-refractivity contribution in [2.75, 3.05) is 19.5 Å². The van der Waals surface area contributed by atoms with Gasteiger partial charge in [0, 0.05) is 0 Å². The summed E-state index contributed by atoms with van der Waals surface area (Å²) < 4.78 is 95.3. The zero-order valence-corrected chi connectivity index (χ0v) is 12.5. The first-order valence-electron chi connectivity index (χ1n) is 6.09. The lowest BCUT2D eigenvalue weighted by molar-refractivity contribution is 0.0479. The van der Waals surface area contributed by atoms with Crippen molar-refractivity contribution >= 4 is 16.1 Å². The molecule has 0 unspecified atom stereocenters. The van der Waals surface area contributed by atoms with Crippen molar-refractivity contribution < 1.29 is 44.1 Å². The van der Waals surface area contributed by atoms with E-state index in [1.54, 1.807) is 0 Å². The third-order valence-electron chi connectivity index (χ3n) is 2.48. The van der Waals surface area contributed by atoms with Gasteiger partial charge in [-0.3, -0.25) is 4.18 Å². The Balaban J connectivity index is 2.63. The van der Waals surface area contributed by atoms with Gasteiger partial charge in [0.05, 0.1) is 19.5 Å². The molecule has 0 spiro atoms. The Hall–Kier alpha value is -1.75. The molecule has 0 aliphatic carbocycles. The van der Waals surface area contributed by atoms with Crippen LogP contribution in [-0.2, 0) is 19.0 Å². The summed E-state index contributed by atoms with van der Waals surface area (Å²) in [6.45, 7) is -0.635. The van der Waals surface area contributed by atoms with Gasteiger partial charge in [0.25, 0.3) is 10.1 Å². The van der Waals surface area contributed by atoms with Crippen LogP contribution in [0.2, 0.25) is 0 Å². The lowest BCUT2D eigenvalue weighted by Crippen LogP contribution is -2.16. The molecule has 0 saturated carbocycles. The predicted octanol–water partition coefficient (Wildman–Crippen LogP) is 2.30. The topological polar surface area (TPSA) is 69.7 Å². The molecule has 0 aliphatic heterocycles. The Bertz CT molecular complexity index is 675. The number of ether oxygens (including phenoxy) is 1. The van der Waals surface area contributed by atoms with Gasteiger partial charge in [-0.2, -0.15) is 8.42 Å². The van der Waals surface area contributed by atoms with Crippen molar-refractivity contribution in [2.24, 2.45) is 0 Å². The van der Waals surface area contributed by atoms with E-state index >= 15 is 0 Å². The molecule has 1 aromatic rings. The first-order chi connectivity index (χ1) is 10.6. The van der Waals surface area contributed by atoms with Crippen molar-refractivity contribution in [3.05, 3.63) is 34.6 Å². The van der Waals surface area contributed by atoms with Crippen molar-refractivity contribution in [2.45, 2.75) is 12.8 Å². The van der Waals surface area contributed by atoms with Crippen LogP contribution in [0.4, 0.5) is 22.0 Å². The van der Waals surface area contributed by atoms with Crippen molar-refractivity contribution in [1.29, 1.82) is 0 Å². The number of esters is 1. The Morgan fingerprint density at radius 1 is 0.870 bits per heavy atom. The maximum Gasteiger partial charge on any atom is 0.344 e. The molecule has 1 rings (SSSR count). The average molecular weight is 362 g/mol. The third-order valence-corrected chi connectivity index (χ3v) is 3.08. The van der Waals surface area contributed by atoms with Crippen LogP contribution in [0.3, 0.4) is 0 Å². The summed E-state index contributed by atoms with van der Waals surface area (Å²) in [7, 11) is -3.62. The number of rotatable bonds is 7. The summed E-state index contributed by atoms with van der Waals surface area (Å²) in [6, 6.07) is 0. The fourth-order valence-electron chi connectivity index (χ4n) is 1.44. The van der Waals surface area contributed by atoms with Gasteiger partial charge in [-0.25, -0.2) is 26.7 Å². The van der Waals surface area contributed by atoms with Gasteiger partial charge in [0.1, 0.15) is 5.56 Å². The molecule has 5 nitrogen and oxygen atoms in total. The smallest absolute Gasteiger partial charge is 0.344 e. The average Bonchev–Trinajstić information content (AvgIpc) is 2.45. The number of unbranched alkanes of at least 4 members (excludes halogenated alkanes) is 1. The second-order valence-corrected chi connectivity index (χ2v) is 5.96. The molecule has 0 saturated heterocycles. The zero-order chi connectivity index (χ0) is 17.8. The molecule has 0 atom stereocenters. The van der Waals surface area contributed by atoms with Gasteiger partial charge in [-0.05, 0) is 12.8 Å². The minimum absolute atomic E-state index is 0.0522. The van der Waals surface area contributed by atoms with Crippen LogP contribution in [0, 0.1) is 29.1 Å². The van der Waals surface area contributed by atoms with Crippen LogP contribution < -0.4 is 0 Å². The van der Waals surface area contributed by atoms with E-state index in [2.05, 4.69) is 8.92 Å². The van der Waals surface area contributed by atoms with Crippen LogP contribution in [-0.4, -0.2) is 33.9 Å². The summed E-state index contributed by atoms with van der Waals surface area (Å²) in [6.07, 6.45) is 1.00. The first kappa shape index (κ1) is 19.3. The standard InChI is InChI=1S/C12H11F5O5S/c1-23(19,20)22-5-3-2-4-21-12(18)6-7(13)9(15)11(17)10(16)8(6)14/h2-5H2,1H3. The molecule has 0 amide bonds. The molecule has 0 heterocycles. The molecular formula is C12H11F5O5S. The highest BCUT2D eigenvalue weighted by atomic mass is 32.2. The minimum Gasteiger partial charge on any atom is -0.462 e. The van der Waals surface area contributed by atoms with Gasteiger partial charge in [0.2, 0.25) is 5.82 Å². The second kappa shape index (κ2) is 7.68. The lowest BCUT2D eigenvalue weighted by Gasteiger charge is -2.08. The Morgan fingerprint density at radius 3 is 1.78 bits per heavy atom. The SMILES string of the molecule is CS(=O)(=O)OCCCCOC(=O)c1c(F)c(F)c(F)c(F)c1F. The third kappa shape index (κ3) is 5.13. The van der Waals surface area contributed by atoms with Gasteiger partial charge < -0.3 is 4.74 Å². The molecule has 0 N–H and O–H groups in total. The van der Waals surface area contributed by atoms with E-state index in [0.717, 1.165) is 6.26 Å². The van der Waals surface area contributed by atoms with Crippen molar-refractivity contribution in [1.82, 2.24) is 0 Å². The van der Waals surface area contributed by atoms with Crippen LogP contribution in [0.1, 0.15) is 23.2 Å². The lowest BCUT2D eigenvalue weighted by atomic mass is 10.1. The summed E-state index contributed by atoms with van der Waals surface area (Å²) in [4.78, 5) is 11.4. The highest BCUT2D eigenvalue weighted by Crippen LogP contribution is 2.23. The van der Waals surface area contributed by atoms with Crippen LogP contribution >= 0.6 is 0 Å². The summed E-state index contributed by atoms with van der Waals surface area (Å²) in [5.74, 6) is -13.2. The molecular weight excluding hydrogens is 351 g/mol. The first-order valence-corrected chi connectivity index (χ1v) is 7.91. The summed E-state index contributed by atoms with van der Waals surface area (Å²) in [5.41, 5.74) is -1.69. The molecule has 0 aliphatic rings. The highest BCUT2D eigenvalue weighted by molar-refractivity contribution is 7.85. The fourth-order valence-corrected chi connectivity index (χ4v) is 1.86. The quantitative estimate of drug-likeness (QED) is 0.186. The highest BCUT2D eigenvalue weighted by Gasteiger charge is 2.30. The molecule has 23 heavy (non-hydrogen) atoms. The van der Waals surface area contributed by atoms with Crippen LogP contribution in [0.15, 0.2) is 0 Å². The maximum absolute atomic E-state index is 13.3. The zero-order valence-electron chi connectivity index (χ0n) is 11.7. The Kier molecular flexibility index (Phi) is 6.45. The van der Waals surface area contributed by atoms with E-state index in [1.165, 1.54) is 0 Å². The van der Waals surface area contributed by atoms with E-state index in [-0.39, 0.29) is 19.4 Å². The van der Waals surface area contributed by atoms with E-state index in [1.807, 2.05) is 0 Å². The number of benzene rings is 1. The number of halogens is 5. The minimum atomic E-state index is -3.62. The normalized spacial score (nSPS) is 11.6. The molecule has 11 heteroatoms. The number of carbonyl (C=O) groups is 1.